The first-order chi connectivity index (χ1) is 12.2. The molecule has 1 heterocycles. The van der Waals surface area contributed by atoms with Crippen molar-refractivity contribution in [2.24, 2.45) is 0 Å². The molecular formula is C19H24N2O5. The summed E-state index contributed by atoms with van der Waals surface area (Å²) in [6, 6.07) is 11.9. The molecule has 140 valence electrons. The zero-order valence-corrected chi connectivity index (χ0v) is 15.4. The molecule has 7 nitrogen and oxygen atoms in total. The molecule has 0 fully saturated rings. The van der Waals surface area contributed by atoms with Gasteiger partial charge in [0.05, 0.1) is 0 Å². The molecule has 0 saturated carbocycles. The number of para-hydroxylation sites is 1. The van der Waals surface area contributed by atoms with E-state index in [1.807, 2.05) is 18.2 Å². The summed E-state index contributed by atoms with van der Waals surface area (Å²) in [6.45, 7) is 7.34. The summed E-state index contributed by atoms with van der Waals surface area (Å²) < 4.78 is 16.1. The molecule has 2 amide bonds. The topological polar surface area (TPSA) is 89.8 Å². The van der Waals surface area contributed by atoms with Crippen molar-refractivity contribution in [3.63, 3.8) is 0 Å². The zero-order valence-electron chi connectivity index (χ0n) is 15.4. The third kappa shape index (κ3) is 6.51. The van der Waals surface area contributed by atoms with E-state index < -0.39 is 17.6 Å². The van der Waals surface area contributed by atoms with Crippen LogP contribution in [0.4, 0.5) is 4.79 Å². The van der Waals surface area contributed by atoms with E-state index in [2.05, 4.69) is 10.6 Å². The van der Waals surface area contributed by atoms with Crippen LogP contribution < -0.4 is 15.4 Å². The summed E-state index contributed by atoms with van der Waals surface area (Å²) in [5, 5.41) is 5.34. The minimum absolute atomic E-state index is 0.125. The van der Waals surface area contributed by atoms with Crippen LogP contribution >= 0.6 is 0 Å². The number of carbonyl (C=O) groups excluding carboxylic acids is 2. The lowest BCUT2D eigenvalue weighted by Gasteiger charge is -2.21. The van der Waals surface area contributed by atoms with Gasteiger partial charge in [-0.25, -0.2) is 4.79 Å². The molecule has 0 aliphatic carbocycles. The molecule has 1 atom stereocenters. The van der Waals surface area contributed by atoms with Crippen LogP contribution in [-0.2, 0) is 4.74 Å². The number of amides is 2. The molecule has 0 spiro atoms. The third-order valence-corrected chi connectivity index (χ3v) is 3.10. The largest absolute Gasteiger partial charge is 0.444 e. The van der Waals surface area contributed by atoms with E-state index in [1.165, 1.54) is 6.07 Å². The average molecular weight is 360 g/mol. The van der Waals surface area contributed by atoms with Crippen molar-refractivity contribution in [1.29, 1.82) is 0 Å². The fourth-order valence-corrected chi connectivity index (χ4v) is 2.00. The Morgan fingerprint density at radius 2 is 1.81 bits per heavy atom. The van der Waals surface area contributed by atoms with Crippen LogP contribution in [0.1, 0.15) is 38.2 Å². The highest BCUT2D eigenvalue weighted by Crippen LogP contribution is 2.23. The molecule has 7 heteroatoms. The average Bonchev–Trinajstić information content (AvgIpc) is 3.01. The minimum Gasteiger partial charge on any atom is -0.444 e. The van der Waals surface area contributed by atoms with E-state index in [9.17, 15) is 9.59 Å². The van der Waals surface area contributed by atoms with Gasteiger partial charge in [0.15, 0.2) is 5.76 Å². The van der Waals surface area contributed by atoms with Gasteiger partial charge in [-0.1, -0.05) is 18.2 Å². The van der Waals surface area contributed by atoms with Gasteiger partial charge in [0.25, 0.3) is 11.9 Å². The van der Waals surface area contributed by atoms with Gasteiger partial charge in [-0.15, -0.1) is 0 Å². The normalized spacial score (nSPS) is 12.2. The van der Waals surface area contributed by atoms with E-state index >= 15 is 0 Å². The summed E-state index contributed by atoms with van der Waals surface area (Å²) in [4.78, 5) is 23.8. The molecule has 0 saturated heterocycles. The molecule has 26 heavy (non-hydrogen) atoms. The number of ether oxygens (including phenoxy) is 2. The lowest BCUT2D eigenvalue weighted by Crippen LogP contribution is -2.43. The maximum atomic E-state index is 12.2. The summed E-state index contributed by atoms with van der Waals surface area (Å²) in [5.74, 6) is 0.566. The Kier molecular flexibility index (Phi) is 6.27. The highest BCUT2D eigenvalue weighted by molar-refractivity contribution is 5.91. The minimum atomic E-state index is -0.570. The number of hydrogen-bond donors (Lipinski definition) is 2. The predicted octanol–water partition coefficient (Wildman–Crippen LogP) is 3.71. The lowest BCUT2D eigenvalue weighted by atomic mass is 10.2. The van der Waals surface area contributed by atoms with Gasteiger partial charge in [0, 0.05) is 18.7 Å². The lowest BCUT2D eigenvalue weighted by molar-refractivity contribution is 0.0520. The predicted molar refractivity (Wildman–Crippen MR) is 96.4 cm³/mol. The van der Waals surface area contributed by atoms with E-state index in [-0.39, 0.29) is 24.3 Å². The van der Waals surface area contributed by atoms with Crippen molar-refractivity contribution in [2.75, 3.05) is 6.54 Å². The van der Waals surface area contributed by atoms with Gasteiger partial charge in [-0.2, -0.15) is 0 Å². The van der Waals surface area contributed by atoms with Crippen LogP contribution in [0.3, 0.4) is 0 Å². The van der Waals surface area contributed by atoms with Crippen molar-refractivity contribution in [3.8, 4) is 11.7 Å². The standard InChI is InChI=1S/C19H24N2O5/c1-13(12-20-18(23)26-19(2,3)4)21-17(22)15-10-11-16(25-15)24-14-8-6-5-7-9-14/h5-11,13H,12H2,1-4H3,(H,20,23)(H,21,22)/t13-/m1/s1. The Morgan fingerprint density at radius 1 is 1.12 bits per heavy atom. The van der Waals surface area contributed by atoms with Crippen LogP contribution in [0.25, 0.3) is 0 Å². The van der Waals surface area contributed by atoms with Crippen molar-refractivity contribution < 1.29 is 23.5 Å². The zero-order chi connectivity index (χ0) is 19.2. The number of furan rings is 1. The molecular weight excluding hydrogens is 336 g/mol. The molecule has 2 rings (SSSR count). The van der Waals surface area contributed by atoms with Crippen molar-refractivity contribution in [2.45, 2.75) is 39.3 Å². The number of nitrogens with one attached hydrogen (secondary N) is 2. The second-order valence-corrected chi connectivity index (χ2v) is 6.79. The van der Waals surface area contributed by atoms with Gasteiger partial charge >= 0.3 is 6.09 Å². The van der Waals surface area contributed by atoms with Crippen LogP contribution in [0, 0.1) is 0 Å². The molecule has 1 aromatic heterocycles. The SMILES string of the molecule is C[C@H](CNC(=O)OC(C)(C)C)NC(=O)c1ccc(Oc2ccccc2)o1. The first-order valence-corrected chi connectivity index (χ1v) is 8.33. The van der Waals surface area contributed by atoms with Gasteiger partial charge in [-0.3, -0.25) is 4.79 Å². The smallest absolute Gasteiger partial charge is 0.407 e. The van der Waals surface area contributed by atoms with Crippen LogP contribution in [0.5, 0.6) is 11.7 Å². The first-order valence-electron chi connectivity index (χ1n) is 8.33. The van der Waals surface area contributed by atoms with Gasteiger partial charge in [0.1, 0.15) is 11.4 Å². The highest BCUT2D eigenvalue weighted by Gasteiger charge is 2.18. The molecule has 2 aromatic rings. The number of hydrogen-bond acceptors (Lipinski definition) is 5. The Labute approximate surface area is 152 Å². The van der Waals surface area contributed by atoms with E-state index in [4.69, 9.17) is 13.9 Å². The number of rotatable bonds is 6. The van der Waals surface area contributed by atoms with E-state index in [0.717, 1.165) is 0 Å². The van der Waals surface area contributed by atoms with E-state index in [1.54, 1.807) is 45.9 Å². The van der Waals surface area contributed by atoms with Crippen LogP contribution in [-0.4, -0.2) is 30.2 Å². The monoisotopic (exact) mass is 360 g/mol. The maximum Gasteiger partial charge on any atom is 0.407 e. The molecule has 0 aliphatic heterocycles. The Balaban J connectivity index is 1.81. The summed E-state index contributed by atoms with van der Waals surface area (Å²) in [5.41, 5.74) is -0.570. The highest BCUT2D eigenvalue weighted by atomic mass is 16.6. The Bertz CT molecular complexity index is 734. The number of benzene rings is 1. The maximum absolute atomic E-state index is 12.2. The molecule has 2 N–H and O–H groups in total. The Morgan fingerprint density at radius 3 is 2.46 bits per heavy atom. The van der Waals surface area contributed by atoms with Gasteiger partial charge in [-0.05, 0) is 45.9 Å². The van der Waals surface area contributed by atoms with Gasteiger partial charge < -0.3 is 24.5 Å². The second kappa shape index (κ2) is 8.42. The summed E-state index contributed by atoms with van der Waals surface area (Å²) in [7, 11) is 0. The van der Waals surface area contributed by atoms with Gasteiger partial charge in [0.2, 0.25) is 0 Å². The summed E-state index contributed by atoms with van der Waals surface area (Å²) >= 11 is 0. The number of carbonyl (C=O) groups is 2. The fourth-order valence-electron chi connectivity index (χ4n) is 2.00. The molecule has 0 unspecified atom stereocenters. The van der Waals surface area contributed by atoms with Crippen LogP contribution in [0.2, 0.25) is 0 Å². The quantitative estimate of drug-likeness (QED) is 0.819. The number of alkyl carbamates (subject to hydrolysis) is 1. The molecule has 0 aliphatic rings. The van der Waals surface area contributed by atoms with Crippen molar-refractivity contribution in [3.05, 3.63) is 48.2 Å². The van der Waals surface area contributed by atoms with Crippen LogP contribution in [0.15, 0.2) is 46.9 Å². The van der Waals surface area contributed by atoms with Crippen molar-refractivity contribution in [1.82, 2.24) is 10.6 Å². The second-order valence-electron chi connectivity index (χ2n) is 6.79. The fraction of sp³-hybridized carbons (Fsp3) is 0.368. The van der Waals surface area contributed by atoms with E-state index in [0.29, 0.717) is 5.75 Å². The third-order valence-electron chi connectivity index (χ3n) is 3.10. The summed E-state index contributed by atoms with van der Waals surface area (Å²) in [6.07, 6.45) is -0.532. The Hall–Kier alpha value is -2.96. The first kappa shape index (κ1) is 19.4. The molecule has 0 radical (unpaired) electrons. The van der Waals surface area contributed by atoms with Crippen molar-refractivity contribution >= 4 is 12.0 Å². The molecule has 1 aromatic carbocycles. The molecule has 0 bridgehead atoms.